The summed E-state index contributed by atoms with van der Waals surface area (Å²) >= 11 is 0. The number of hydrogen-bond donors (Lipinski definition) is 1. The minimum atomic E-state index is -0.506. The van der Waals surface area contributed by atoms with Crippen LogP contribution in [0.25, 0.3) is 0 Å². The summed E-state index contributed by atoms with van der Waals surface area (Å²) in [6, 6.07) is 0. The predicted octanol–water partition coefficient (Wildman–Crippen LogP) is 4.83. The van der Waals surface area contributed by atoms with Gasteiger partial charge in [-0.15, -0.1) is 0 Å². The van der Waals surface area contributed by atoms with Crippen molar-refractivity contribution in [1.82, 2.24) is 0 Å². The molecule has 5 unspecified atom stereocenters. The molecular formula is C22H32O2. The number of carbonyl (C=O) groups is 1. The SMILES string of the molecule is C/C=C/C[C@]1(O)CCC2C3CCC4=CC(=O)CCC4C3CCC21C. The van der Waals surface area contributed by atoms with E-state index < -0.39 is 5.60 Å². The zero-order valence-corrected chi connectivity index (χ0v) is 15.3. The normalized spacial score (nSPS) is 48.0. The fourth-order valence-electron chi connectivity index (χ4n) is 6.94. The van der Waals surface area contributed by atoms with Gasteiger partial charge in [-0.2, -0.15) is 0 Å². The Labute approximate surface area is 146 Å². The molecule has 0 amide bonds. The van der Waals surface area contributed by atoms with E-state index in [1.807, 2.05) is 13.0 Å². The van der Waals surface area contributed by atoms with Gasteiger partial charge in [0.15, 0.2) is 5.78 Å². The molecule has 4 rings (SSSR count). The molecule has 0 aromatic heterocycles. The van der Waals surface area contributed by atoms with Gasteiger partial charge in [-0.25, -0.2) is 0 Å². The minimum Gasteiger partial charge on any atom is -0.389 e. The van der Waals surface area contributed by atoms with E-state index in [9.17, 15) is 9.90 Å². The van der Waals surface area contributed by atoms with Gasteiger partial charge >= 0.3 is 0 Å². The third-order valence-electron chi connectivity index (χ3n) is 8.31. The highest BCUT2D eigenvalue weighted by atomic mass is 16.3. The number of rotatable bonds is 2. The number of hydrogen-bond acceptors (Lipinski definition) is 2. The average molecular weight is 328 g/mol. The molecule has 6 atom stereocenters. The Hall–Kier alpha value is -0.890. The maximum absolute atomic E-state index is 11.8. The maximum Gasteiger partial charge on any atom is 0.155 e. The van der Waals surface area contributed by atoms with Crippen LogP contribution in [0.15, 0.2) is 23.8 Å². The van der Waals surface area contributed by atoms with Crippen molar-refractivity contribution >= 4 is 5.78 Å². The van der Waals surface area contributed by atoms with E-state index in [1.54, 1.807) is 0 Å². The Kier molecular flexibility index (Phi) is 4.03. The van der Waals surface area contributed by atoms with Crippen LogP contribution >= 0.6 is 0 Å². The number of fused-ring (bicyclic) bond motifs is 5. The second-order valence-electron chi connectivity index (χ2n) is 9.10. The van der Waals surface area contributed by atoms with Crippen molar-refractivity contribution in [2.45, 2.75) is 77.2 Å². The fourth-order valence-corrected chi connectivity index (χ4v) is 6.94. The van der Waals surface area contributed by atoms with Crippen LogP contribution in [-0.4, -0.2) is 16.5 Å². The first kappa shape index (κ1) is 16.6. The van der Waals surface area contributed by atoms with Crippen LogP contribution < -0.4 is 0 Å². The van der Waals surface area contributed by atoms with Crippen molar-refractivity contribution in [2.75, 3.05) is 0 Å². The van der Waals surface area contributed by atoms with Crippen LogP contribution in [-0.2, 0) is 4.79 Å². The molecule has 0 bridgehead atoms. The molecule has 4 aliphatic carbocycles. The molecule has 2 nitrogen and oxygen atoms in total. The molecule has 3 saturated carbocycles. The number of carbonyl (C=O) groups excluding carboxylic acids is 1. The summed E-state index contributed by atoms with van der Waals surface area (Å²) in [6.45, 7) is 4.43. The lowest BCUT2D eigenvalue weighted by molar-refractivity contribution is -0.120. The fraction of sp³-hybridized carbons (Fsp3) is 0.773. The van der Waals surface area contributed by atoms with Gasteiger partial charge in [0.2, 0.25) is 0 Å². The number of aliphatic hydroxyl groups is 1. The highest BCUT2D eigenvalue weighted by Gasteiger charge is 2.61. The molecule has 0 aliphatic heterocycles. The molecule has 0 radical (unpaired) electrons. The van der Waals surface area contributed by atoms with E-state index in [1.165, 1.54) is 24.8 Å². The first-order chi connectivity index (χ1) is 11.5. The summed E-state index contributed by atoms with van der Waals surface area (Å²) in [5, 5.41) is 11.4. The number of ketones is 1. The Morgan fingerprint density at radius 2 is 2.00 bits per heavy atom. The van der Waals surface area contributed by atoms with Crippen molar-refractivity contribution in [3.63, 3.8) is 0 Å². The topological polar surface area (TPSA) is 37.3 Å². The van der Waals surface area contributed by atoms with Gasteiger partial charge in [0.05, 0.1) is 5.60 Å². The molecule has 1 N–H and O–H groups in total. The van der Waals surface area contributed by atoms with E-state index >= 15 is 0 Å². The quantitative estimate of drug-likeness (QED) is 0.738. The lowest BCUT2D eigenvalue weighted by atomic mass is 9.50. The van der Waals surface area contributed by atoms with Crippen LogP contribution in [0.5, 0.6) is 0 Å². The van der Waals surface area contributed by atoms with Crippen LogP contribution in [0.1, 0.15) is 71.6 Å². The van der Waals surface area contributed by atoms with Gasteiger partial charge in [0.25, 0.3) is 0 Å². The molecule has 4 aliphatic rings. The lowest BCUT2D eigenvalue weighted by Crippen LogP contribution is -2.52. The van der Waals surface area contributed by atoms with Gasteiger partial charge in [0, 0.05) is 6.42 Å². The molecule has 0 saturated heterocycles. The Morgan fingerprint density at radius 3 is 2.79 bits per heavy atom. The van der Waals surface area contributed by atoms with Gasteiger partial charge in [0.1, 0.15) is 0 Å². The first-order valence-corrected chi connectivity index (χ1v) is 10.1. The van der Waals surface area contributed by atoms with E-state index in [4.69, 9.17) is 0 Å². The van der Waals surface area contributed by atoms with Crippen molar-refractivity contribution in [3.8, 4) is 0 Å². The zero-order valence-electron chi connectivity index (χ0n) is 15.3. The van der Waals surface area contributed by atoms with Gasteiger partial charge in [-0.3, -0.25) is 4.79 Å². The van der Waals surface area contributed by atoms with Crippen LogP contribution in [0, 0.1) is 29.1 Å². The summed E-state index contributed by atoms with van der Waals surface area (Å²) < 4.78 is 0. The first-order valence-electron chi connectivity index (χ1n) is 10.1. The van der Waals surface area contributed by atoms with Crippen LogP contribution in [0.3, 0.4) is 0 Å². The van der Waals surface area contributed by atoms with Crippen molar-refractivity contribution < 1.29 is 9.90 Å². The van der Waals surface area contributed by atoms with Crippen molar-refractivity contribution in [3.05, 3.63) is 23.8 Å². The summed E-state index contributed by atoms with van der Waals surface area (Å²) in [5.41, 5.74) is 1.03. The van der Waals surface area contributed by atoms with Gasteiger partial charge in [-0.1, -0.05) is 24.6 Å². The minimum absolute atomic E-state index is 0.0827. The third kappa shape index (κ3) is 2.29. The molecule has 3 fully saturated rings. The summed E-state index contributed by atoms with van der Waals surface area (Å²) in [7, 11) is 0. The Morgan fingerprint density at radius 1 is 1.17 bits per heavy atom. The largest absolute Gasteiger partial charge is 0.389 e. The Bertz CT molecular complexity index is 589. The lowest BCUT2D eigenvalue weighted by Gasteiger charge is -2.55. The average Bonchev–Trinajstić information content (AvgIpc) is 2.84. The maximum atomic E-state index is 11.8. The Balaban J connectivity index is 1.60. The van der Waals surface area contributed by atoms with Gasteiger partial charge < -0.3 is 5.11 Å². The molecular weight excluding hydrogens is 296 g/mol. The zero-order chi connectivity index (χ0) is 16.9. The molecule has 0 heterocycles. The van der Waals surface area contributed by atoms with Crippen LogP contribution in [0.4, 0.5) is 0 Å². The molecule has 132 valence electrons. The highest BCUT2D eigenvalue weighted by molar-refractivity contribution is 5.91. The van der Waals surface area contributed by atoms with Crippen molar-refractivity contribution in [1.29, 1.82) is 0 Å². The monoisotopic (exact) mass is 328 g/mol. The predicted molar refractivity (Wildman–Crippen MR) is 96.5 cm³/mol. The van der Waals surface area contributed by atoms with Crippen LogP contribution in [0.2, 0.25) is 0 Å². The third-order valence-corrected chi connectivity index (χ3v) is 8.31. The van der Waals surface area contributed by atoms with Crippen molar-refractivity contribution in [2.24, 2.45) is 29.1 Å². The van der Waals surface area contributed by atoms with E-state index in [0.717, 1.165) is 50.4 Å². The smallest absolute Gasteiger partial charge is 0.155 e. The van der Waals surface area contributed by atoms with Gasteiger partial charge in [-0.05, 0) is 93.5 Å². The van der Waals surface area contributed by atoms with E-state index in [2.05, 4.69) is 19.1 Å². The second kappa shape index (κ2) is 5.83. The molecule has 24 heavy (non-hydrogen) atoms. The van der Waals surface area contributed by atoms with E-state index in [0.29, 0.717) is 17.6 Å². The second-order valence-corrected chi connectivity index (χ2v) is 9.10. The summed E-state index contributed by atoms with van der Waals surface area (Å²) in [6.07, 6.45) is 15.8. The summed E-state index contributed by atoms with van der Waals surface area (Å²) in [5.74, 6) is 3.21. The number of allylic oxidation sites excluding steroid dienone is 2. The standard InChI is InChI=1S/C22H32O2/c1-3-4-11-22(24)13-10-20-19-7-5-15-14-16(23)6-8-17(15)18(19)9-12-21(20,22)2/h3-4,14,17-20,24H,5-13H2,1-2H3/b4-3+/t17?,18?,19?,20?,21?,22-/m0/s1. The molecule has 0 spiro atoms. The van der Waals surface area contributed by atoms with E-state index in [-0.39, 0.29) is 5.41 Å². The molecule has 2 heteroatoms. The highest BCUT2D eigenvalue weighted by Crippen LogP contribution is 2.65. The molecule has 0 aromatic rings. The summed E-state index contributed by atoms with van der Waals surface area (Å²) in [4.78, 5) is 11.8. The molecule has 0 aromatic carbocycles.